The van der Waals surface area contributed by atoms with Gasteiger partial charge in [0.25, 0.3) is 0 Å². The SMILES string of the molecule is C=CCN1CCN(C(c2ccc(C(=N)N)cc2)c2cccc(O)c2)CC1.N#CCOCCN. The molecule has 0 amide bonds. The standard InChI is InChI=1S/C21H26N4O.C4H8N2O/c1-2-10-24-11-13-25(14-12-24)20(18-4-3-5-19(26)15-18)16-6-8-17(9-7-16)21(22)23;5-1-3-7-4-2-6/h2-9,15,20,26H,1,10-14H2,(H3,22,23);1,3-5H2. The van der Waals surface area contributed by atoms with Crippen LogP contribution >= 0.6 is 0 Å². The van der Waals surface area contributed by atoms with Crippen LogP contribution in [0.3, 0.4) is 0 Å². The zero-order valence-electron chi connectivity index (χ0n) is 19.0. The van der Waals surface area contributed by atoms with Gasteiger partial charge >= 0.3 is 0 Å². The molecule has 1 atom stereocenters. The van der Waals surface area contributed by atoms with Gasteiger partial charge < -0.3 is 21.3 Å². The van der Waals surface area contributed by atoms with E-state index in [1.54, 1.807) is 6.07 Å². The maximum Gasteiger partial charge on any atom is 0.133 e. The Morgan fingerprint density at radius 1 is 1.18 bits per heavy atom. The normalized spacial score (nSPS) is 15.0. The summed E-state index contributed by atoms with van der Waals surface area (Å²) in [7, 11) is 0. The van der Waals surface area contributed by atoms with Crippen molar-refractivity contribution < 1.29 is 9.84 Å². The number of nitrogens with zero attached hydrogens (tertiary/aromatic N) is 3. The van der Waals surface area contributed by atoms with Crippen molar-refractivity contribution in [2.45, 2.75) is 6.04 Å². The van der Waals surface area contributed by atoms with Crippen LogP contribution in [0.25, 0.3) is 0 Å². The molecule has 2 aromatic carbocycles. The first kappa shape index (κ1) is 26.0. The topological polar surface area (TPSA) is 136 Å². The highest BCUT2D eigenvalue weighted by atomic mass is 16.5. The van der Waals surface area contributed by atoms with E-state index in [9.17, 15) is 5.11 Å². The summed E-state index contributed by atoms with van der Waals surface area (Å²) in [5.41, 5.74) is 13.5. The zero-order chi connectivity index (χ0) is 24.1. The predicted octanol–water partition coefficient (Wildman–Crippen LogP) is 2.05. The number of hydrogen-bond acceptors (Lipinski definition) is 7. The van der Waals surface area contributed by atoms with Crippen molar-refractivity contribution in [1.82, 2.24) is 9.80 Å². The molecule has 2 aromatic rings. The molecular formula is C25H34N6O2. The Balaban J connectivity index is 0.000000479. The van der Waals surface area contributed by atoms with E-state index >= 15 is 0 Å². The Hall–Kier alpha value is -3.22. The van der Waals surface area contributed by atoms with E-state index in [0.29, 0.717) is 13.2 Å². The van der Waals surface area contributed by atoms with Gasteiger partial charge in [-0.25, -0.2) is 0 Å². The average molecular weight is 451 g/mol. The molecule has 8 heteroatoms. The molecule has 0 radical (unpaired) electrons. The lowest BCUT2D eigenvalue weighted by molar-refractivity contribution is 0.117. The van der Waals surface area contributed by atoms with Gasteiger partial charge in [-0.15, -0.1) is 6.58 Å². The lowest BCUT2D eigenvalue weighted by Crippen LogP contribution is -2.47. The minimum atomic E-state index is 0.0639. The molecule has 0 saturated carbocycles. The number of nitrogens with one attached hydrogen (secondary N) is 1. The van der Waals surface area contributed by atoms with E-state index < -0.39 is 0 Å². The number of nitriles is 1. The Morgan fingerprint density at radius 2 is 1.88 bits per heavy atom. The van der Waals surface area contributed by atoms with Gasteiger partial charge in [0, 0.05) is 44.8 Å². The third-order valence-corrected chi connectivity index (χ3v) is 5.31. The Kier molecular flexibility index (Phi) is 11.1. The maximum absolute atomic E-state index is 9.95. The fourth-order valence-corrected chi connectivity index (χ4v) is 3.74. The van der Waals surface area contributed by atoms with Gasteiger partial charge in [-0.3, -0.25) is 15.2 Å². The number of benzene rings is 2. The quantitative estimate of drug-likeness (QED) is 0.199. The number of nitrogen functional groups attached to an aromatic ring is 1. The first-order valence-corrected chi connectivity index (χ1v) is 11.0. The van der Waals surface area contributed by atoms with Crippen LogP contribution in [-0.4, -0.2) is 73.2 Å². The monoisotopic (exact) mass is 450 g/mol. The number of phenolic OH excluding ortho intramolecular Hbond substituents is 1. The highest BCUT2D eigenvalue weighted by Crippen LogP contribution is 2.31. The fraction of sp³-hybridized carbons (Fsp3) is 0.360. The van der Waals surface area contributed by atoms with Gasteiger partial charge in [0.2, 0.25) is 0 Å². The number of nitrogens with two attached hydrogens (primary N) is 2. The van der Waals surface area contributed by atoms with Crippen molar-refractivity contribution in [3.05, 3.63) is 77.9 Å². The third-order valence-electron chi connectivity index (χ3n) is 5.31. The summed E-state index contributed by atoms with van der Waals surface area (Å²) in [6.07, 6.45) is 1.95. The predicted molar refractivity (Wildman–Crippen MR) is 131 cm³/mol. The number of aromatic hydroxyl groups is 1. The van der Waals surface area contributed by atoms with Crippen molar-refractivity contribution in [1.29, 1.82) is 10.7 Å². The number of ether oxygens (including phenoxy) is 1. The number of amidine groups is 1. The maximum atomic E-state index is 9.95. The third kappa shape index (κ3) is 8.33. The van der Waals surface area contributed by atoms with Gasteiger partial charge in [0.1, 0.15) is 18.2 Å². The number of piperazine rings is 1. The van der Waals surface area contributed by atoms with Crippen LogP contribution in [0, 0.1) is 16.7 Å². The summed E-state index contributed by atoms with van der Waals surface area (Å²) < 4.78 is 4.65. The van der Waals surface area contributed by atoms with Crippen molar-refractivity contribution in [2.75, 3.05) is 52.5 Å². The fourth-order valence-electron chi connectivity index (χ4n) is 3.74. The zero-order valence-corrected chi connectivity index (χ0v) is 19.0. The van der Waals surface area contributed by atoms with E-state index in [0.717, 1.165) is 49.4 Å². The molecule has 1 unspecified atom stereocenters. The summed E-state index contributed by atoms with van der Waals surface area (Å²) in [5, 5.41) is 25.4. The first-order valence-electron chi connectivity index (χ1n) is 11.0. The number of rotatable bonds is 9. The van der Waals surface area contributed by atoms with Crippen LogP contribution in [0.15, 0.2) is 61.2 Å². The van der Waals surface area contributed by atoms with Gasteiger partial charge in [0.15, 0.2) is 0 Å². The van der Waals surface area contributed by atoms with E-state index in [2.05, 4.69) is 27.2 Å². The van der Waals surface area contributed by atoms with E-state index in [1.807, 2.05) is 48.5 Å². The smallest absolute Gasteiger partial charge is 0.133 e. The minimum absolute atomic E-state index is 0.0639. The molecule has 1 fully saturated rings. The summed E-state index contributed by atoms with van der Waals surface area (Å²) in [4.78, 5) is 4.83. The van der Waals surface area contributed by atoms with E-state index in [-0.39, 0.29) is 24.2 Å². The summed E-state index contributed by atoms with van der Waals surface area (Å²) in [6.45, 7) is 9.74. The van der Waals surface area contributed by atoms with Crippen molar-refractivity contribution in [2.24, 2.45) is 11.5 Å². The second-order valence-electron chi connectivity index (χ2n) is 7.66. The van der Waals surface area contributed by atoms with Gasteiger partial charge in [-0.1, -0.05) is 42.5 Å². The molecule has 0 spiro atoms. The van der Waals surface area contributed by atoms with Gasteiger partial charge in [-0.05, 0) is 23.3 Å². The molecule has 1 aliphatic heterocycles. The van der Waals surface area contributed by atoms with Crippen LogP contribution in [0.5, 0.6) is 5.75 Å². The van der Waals surface area contributed by atoms with Crippen LogP contribution in [0.1, 0.15) is 22.7 Å². The largest absolute Gasteiger partial charge is 0.508 e. The van der Waals surface area contributed by atoms with E-state index in [4.69, 9.17) is 22.1 Å². The lowest BCUT2D eigenvalue weighted by atomic mass is 9.95. The molecule has 176 valence electrons. The number of hydrogen-bond donors (Lipinski definition) is 4. The Bertz CT molecular complexity index is 917. The molecular weight excluding hydrogens is 416 g/mol. The molecule has 1 heterocycles. The van der Waals surface area contributed by atoms with Crippen LogP contribution in [0.4, 0.5) is 0 Å². The highest BCUT2D eigenvalue weighted by molar-refractivity contribution is 5.94. The molecule has 3 rings (SSSR count). The molecule has 6 N–H and O–H groups in total. The molecule has 0 bridgehead atoms. The molecule has 33 heavy (non-hydrogen) atoms. The van der Waals surface area contributed by atoms with Crippen LogP contribution in [-0.2, 0) is 4.74 Å². The summed E-state index contributed by atoms with van der Waals surface area (Å²) in [5.74, 6) is 0.349. The minimum Gasteiger partial charge on any atom is -0.508 e. The van der Waals surface area contributed by atoms with E-state index in [1.165, 1.54) is 0 Å². The Morgan fingerprint density at radius 3 is 2.42 bits per heavy atom. The second-order valence-corrected chi connectivity index (χ2v) is 7.66. The van der Waals surface area contributed by atoms with Gasteiger partial charge in [-0.2, -0.15) is 5.26 Å². The first-order chi connectivity index (χ1) is 16.0. The molecule has 8 nitrogen and oxygen atoms in total. The Labute approximate surface area is 196 Å². The second kappa shape index (κ2) is 14.0. The summed E-state index contributed by atoms with van der Waals surface area (Å²) >= 11 is 0. The van der Waals surface area contributed by atoms with Gasteiger partial charge in [0.05, 0.1) is 18.7 Å². The van der Waals surface area contributed by atoms with Crippen molar-refractivity contribution in [3.63, 3.8) is 0 Å². The number of phenols is 1. The molecule has 1 saturated heterocycles. The van der Waals surface area contributed by atoms with Crippen molar-refractivity contribution >= 4 is 5.84 Å². The summed E-state index contributed by atoms with van der Waals surface area (Å²) in [6, 6.07) is 17.2. The van der Waals surface area contributed by atoms with Crippen LogP contribution < -0.4 is 11.5 Å². The molecule has 0 aromatic heterocycles. The van der Waals surface area contributed by atoms with Crippen LogP contribution in [0.2, 0.25) is 0 Å². The average Bonchev–Trinajstić information content (AvgIpc) is 2.82. The van der Waals surface area contributed by atoms with Crippen molar-refractivity contribution in [3.8, 4) is 11.8 Å². The lowest BCUT2D eigenvalue weighted by Gasteiger charge is -2.39. The molecule has 1 aliphatic rings. The molecule has 0 aliphatic carbocycles. The highest BCUT2D eigenvalue weighted by Gasteiger charge is 2.26.